The van der Waals surface area contributed by atoms with Crippen LogP contribution in [0.1, 0.15) is 24.2 Å². The quantitative estimate of drug-likeness (QED) is 0.795. The first-order valence-corrected chi connectivity index (χ1v) is 6.30. The number of hydrogen-bond donors (Lipinski definition) is 1. The molecule has 82 valence electrons. The smallest absolute Gasteiger partial charge is 0.119 e. The topological polar surface area (TPSA) is 29.5 Å². The minimum Gasteiger partial charge on any atom is -0.497 e. The van der Waals surface area contributed by atoms with Crippen LogP contribution in [0.5, 0.6) is 5.75 Å². The van der Waals surface area contributed by atoms with Crippen molar-refractivity contribution in [2.75, 3.05) is 12.9 Å². The molecule has 0 aliphatic carbocycles. The van der Waals surface area contributed by atoms with Crippen molar-refractivity contribution in [3.8, 4) is 5.75 Å². The molecule has 2 nitrogen and oxygen atoms in total. The lowest BCUT2D eigenvalue weighted by molar-refractivity contribution is 0.129. The highest BCUT2D eigenvalue weighted by molar-refractivity contribution is 7.98. The van der Waals surface area contributed by atoms with Gasteiger partial charge in [0.15, 0.2) is 0 Å². The van der Waals surface area contributed by atoms with E-state index in [1.54, 1.807) is 7.11 Å². The van der Waals surface area contributed by atoms with E-state index in [1.165, 1.54) is 5.56 Å². The first-order valence-electron chi connectivity index (χ1n) is 5.15. The van der Waals surface area contributed by atoms with Crippen LogP contribution in [0.3, 0.4) is 0 Å². The summed E-state index contributed by atoms with van der Waals surface area (Å²) in [6, 6.07) is 5.98. The molecule has 3 heteroatoms. The average Bonchev–Trinajstić information content (AvgIpc) is 2.40. The number of fused-ring (bicyclic) bond motifs is 1. The molecule has 0 aromatic heterocycles. The summed E-state index contributed by atoms with van der Waals surface area (Å²) >= 11 is 1.88. The van der Waals surface area contributed by atoms with Crippen LogP contribution in [-0.4, -0.2) is 18.0 Å². The number of hydrogen-bond acceptors (Lipinski definition) is 3. The molecule has 0 bridgehead atoms. The highest BCUT2D eigenvalue weighted by atomic mass is 32.2. The third-order valence-electron chi connectivity index (χ3n) is 2.85. The monoisotopic (exact) mass is 224 g/mol. The third kappa shape index (κ3) is 2.13. The van der Waals surface area contributed by atoms with Crippen molar-refractivity contribution in [1.29, 1.82) is 0 Å². The van der Waals surface area contributed by atoms with Crippen molar-refractivity contribution in [3.05, 3.63) is 29.3 Å². The second-order valence-electron chi connectivity index (χ2n) is 4.00. The van der Waals surface area contributed by atoms with E-state index in [0.29, 0.717) is 5.92 Å². The van der Waals surface area contributed by atoms with Crippen LogP contribution < -0.4 is 4.74 Å². The first kappa shape index (κ1) is 10.8. The van der Waals surface area contributed by atoms with E-state index >= 15 is 0 Å². The van der Waals surface area contributed by atoms with Crippen LogP contribution >= 0.6 is 11.8 Å². The zero-order valence-corrected chi connectivity index (χ0v) is 9.88. The van der Waals surface area contributed by atoms with E-state index in [9.17, 15) is 5.11 Å². The van der Waals surface area contributed by atoms with Gasteiger partial charge in [-0.05, 0) is 34.9 Å². The van der Waals surface area contributed by atoms with Crippen LogP contribution in [0.15, 0.2) is 18.2 Å². The van der Waals surface area contributed by atoms with Gasteiger partial charge in [0.25, 0.3) is 0 Å². The van der Waals surface area contributed by atoms with E-state index < -0.39 is 0 Å². The fraction of sp³-hybridized carbons (Fsp3) is 0.500. The zero-order chi connectivity index (χ0) is 10.8. The van der Waals surface area contributed by atoms with Gasteiger partial charge in [-0.2, -0.15) is 11.8 Å². The number of aliphatic hydroxyl groups is 1. The SMILES string of the molecule is COc1ccc2c(c1)C(O)C(C)CSC2. The molecule has 0 fully saturated rings. The molecule has 15 heavy (non-hydrogen) atoms. The van der Waals surface area contributed by atoms with Crippen LogP contribution in [0.4, 0.5) is 0 Å². The number of ether oxygens (including phenoxy) is 1. The minimum absolute atomic E-state index is 0.309. The molecule has 1 heterocycles. The second-order valence-corrected chi connectivity index (χ2v) is 5.03. The van der Waals surface area contributed by atoms with Gasteiger partial charge in [0.2, 0.25) is 0 Å². The van der Waals surface area contributed by atoms with Gasteiger partial charge in [-0.1, -0.05) is 13.0 Å². The number of rotatable bonds is 1. The summed E-state index contributed by atoms with van der Waals surface area (Å²) in [4.78, 5) is 0. The van der Waals surface area contributed by atoms with Gasteiger partial charge in [-0.3, -0.25) is 0 Å². The number of thioether (sulfide) groups is 1. The average molecular weight is 224 g/mol. The molecule has 0 spiro atoms. The van der Waals surface area contributed by atoms with Crippen molar-refractivity contribution in [1.82, 2.24) is 0 Å². The molecule has 0 saturated heterocycles. The number of benzene rings is 1. The maximum atomic E-state index is 10.2. The predicted octanol–water partition coefficient (Wildman–Crippen LogP) is 2.61. The Morgan fingerprint density at radius 3 is 3.00 bits per heavy atom. The molecule has 1 aromatic rings. The summed E-state index contributed by atoms with van der Waals surface area (Å²) in [5.74, 6) is 3.13. The molecule has 1 aliphatic rings. The molecule has 0 saturated carbocycles. The fourth-order valence-electron chi connectivity index (χ4n) is 1.86. The molecule has 1 aliphatic heterocycles. The van der Waals surface area contributed by atoms with Crippen molar-refractivity contribution in [2.24, 2.45) is 5.92 Å². The van der Waals surface area contributed by atoms with Crippen molar-refractivity contribution in [2.45, 2.75) is 18.8 Å². The molecule has 0 radical (unpaired) electrons. The second kappa shape index (κ2) is 4.45. The van der Waals surface area contributed by atoms with Crippen LogP contribution in [0.2, 0.25) is 0 Å². The van der Waals surface area contributed by atoms with Crippen LogP contribution in [0, 0.1) is 5.92 Å². The van der Waals surface area contributed by atoms with E-state index in [4.69, 9.17) is 4.74 Å². The highest BCUT2D eigenvalue weighted by Gasteiger charge is 2.23. The van der Waals surface area contributed by atoms with Crippen molar-refractivity contribution >= 4 is 11.8 Å². The maximum Gasteiger partial charge on any atom is 0.119 e. The molecular weight excluding hydrogens is 208 g/mol. The lowest BCUT2D eigenvalue weighted by Gasteiger charge is -2.17. The van der Waals surface area contributed by atoms with Gasteiger partial charge in [-0.25, -0.2) is 0 Å². The van der Waals surface area contributed by atoms with Gasteiger partial charge in [0.1, 0.15) is 5.75 Å². The summed E-state index contributed by atoms with van der Waals surface area (Å²) in [7, 11) is 1.66. The first-order chi connectivity index (χ1) is 7.22. The fourth-order valence-corrected chi connectivity index (χ4v) is 3.01. The van der Waals surface area contributed by atoms with E-state index in [-0.39, 0.29) is 6.10 Å². The summed E-state index contributed by atoms with van der Waals surface area (Å²) in [6.07, 6.45) is -0.356. The summed E-state index contributed by atoms with van der Waals surface area (Å²) in [5, 5.41) is 10.2. The van der Waals surface area contributed by atoms with Gasteiger partial charge < -0.3 is 9.84 Å². The highest BCUT2D eigenvalue weighted by Crippen LogP contribution is 2.35. The van der Waals surface area contributed by atoms with Crippen molar-refractivity contribution < 1.29 is 9.84 Å². The van der Waals surface area contributed by atoms with Gasteiger partial charge in [-0.15, -0.1) is 0 Å². The molecule has 2 rings (SSSR count). The van der Waals surface area contributed by atoms with Gasteiger partial charge in [0.05, 0.1) is 13.2 Å². The molecule has 1 aromatic carbocycles. The Balaban J connectivity index is 2.41. The Morgan fingerprint density at radius 1 is 1.47 bits per heavy atom. The Hall–Kier alpha value is -0.670. The minimum atomic E-state index is -0.356. The van der Waals surface area contributed by atoms with Gasteiger partial charge >= 0.3 is 0 Å². The molecular formula is C12H16O2S. The Morgan fingerprint density at radius 2 is 2.27 bits per heavy atom. The molecule has 2 unspecified atom stereocenters. The van der Waals surface area contributed by atoms with E-state index in [0.717, 1.165) is 22.8 Å². The number of methoxy groups -OCH3 is 1. The maximum absolute atomic E-state index is 10.2. The summed E-state index contributed by atoms with van der Waals surface area (Å²) < 4.78 is 5.19. The lowest BCUT2D eigenvalue weighted by atomic mass is 9.95. The largest absolute Gasteiger partial charge is 0.497 e. The normalized spacial score (nSPS) is 25.5. The van der Waals surface area contributed by atoms with E-state index in [2.05, 4.69) is 13.0 Å². The molecule has 0 amide bonds. The summed E-state index contributed by atoms with van der Waals surface area (Å²) in [5.41, 5.74) is 2.27. The Bertz CT molecular complexity index is 351. The number of aliphatic hydroxyl groups excluding tert-OH is 1. The standard InChI is InChI=1S/C12H16O2S/c1-8-6-15-7-9-3-4-10(14-2)5-11(9)12(8)13/h3-5,8,12-13H,6-7H2,1-2H3. The molecule has 2 atom stereocenters. The Labute approximate surface area is 94.6 Å². The predicted molar refractivity (Wildman–Crippen MR) is 63.3 cm³/mol. The Kier molecular flexibility index (Phi) is 3.22. The van der Waals surface area contributed by atoms with Gasteiger partial charge in [0, 0.05) is 5.75 Å². The molecule has 1 N–H and O–H groups in total. The van der Waals surface area contributed by atoms with E-state index in [1.807, 2.05) is 23.9 Å². The lowest BCUT2D eigenvalue weighted by Crippen LogP contribution is -2.10. The summed E-state index contributed by atoms with van der Waals surface area (Å²) in [6.45, 7) is 2.09. The third-order valence-corrected chi connectivity index (χ3v) is 4.13. The van der Waals surface area contributed by atoms with Crippen LogP contribution in [0.25, 0.3) is 0 Å². The zero-order valence-electron chi connectivity index (χ0n) is 9.06. The van der Waals surface area contributed by atoms with Crippen molar-refractivity contribution in [3.63, 3.8) is 0 Å². The van der Waals surface area contributed by atoms with Crippen LogP contribution in [-0.2, 0) is 5.75 Å².